The van der Waals surface area contributed by atoms with E-state index in [1.165, 1.54) is 21.9 Å². The highest BCUT2D eigenvalue weighted by molar-refractivity contribution is 7.89. The minimum Gasteiger partial charge on any atom is -0.343 e. The van der Waals surface area contributed by atoms with Crippen molar-refractivity contribution in [2.24, 2.45) is 0 Å². The molecule has 0 saturated carbocycles. The van der Waals surface area contributed by atoms with Crippen LogP contribution in [-0.4, -0.2) is 62.3 Å². The molecule has 0 spiro atoms. The number of rotatable bonds is 7. The highest BCUT2D eigenvalue weighted by atomic mass is 35.5. The van der Waals surface area contributed by atoms with Gasteiger partial charge in [-0.05, 0) is 48.4 Å². The number of hydrogen-bond acceptors (Lipinski definition) is 5. The third kappa shape index (κ3) is 4.98. The number of sulfonamides is 1. The summed E-state index contributed by atoms with van der Waals surface area (Å²) in [5.74, 6) is -0.731. The number of hydrogen-bond donors (Lipinski definition) is 1. The molecule has 0 aliphatic carbocycles. The van der Waals surface area contributed by atoms with Gasteiger partial charge >= 0.3 is 0 Å². The van der Waals surface area contributed by atoms with Gasteiger partial charge in [0.15, 0.2) is 0 Å². The number of halogens is 1. The number of carbonyl (C=O) groups is 2. The first-order chi connectivity index (χ1) is 14.6. The van der Waals surface area contributed by atoms with Gasteiger partial charge in [-0.3, -0.25) is 9.59 Å². The lowest BCUT2D eigenvalue weighted by Gasteiger charge is -2.28. The first kappa shape index (κ1) is 23.0. The Bertz CT molecular complexity index is 1160. The average Bonchev–Trinajstić information content (AvgIpc) is 3.09. The summed E-state index contributed by atoms with van der Waals surface area (Å²) >= 11 is 5.97. The lowest BCUT2D eigenvalue weighted by Crippen LogP contribution is -2.49. The second kappa shape index (κ2) is 9.22. The Morgan fingerprint density at radius 3 is 2.71 bits per heavy atom. The molecule has 1 N–H and O–H groups in total. The van der Waals surface area contributed by atoms with Crippen LogP contribution in [0.5, 0.6) is 0 Å². The first-order valence-electron chi connectivity index (χ1n) is 9.78. The summed E-state index contributed by atoms with van der Waals surface area (Å²) in [4.78, 5) is 28.2. The maximum Gasteiger partial charge on any atom is 0.244 e. The molecule has 0 radical (unpaired) electrons. The van der Waals surface area contributed by atoms with Gasteiger partial charge in [-0.2, -0.15) is 9.98 Å². The Kier molecular flexibility index (Phi) is 6.84. The van der Waals surface area contributed by atoms with Crippen molar-refractivity contribution in [3.05, 3.63) is 41.4 Å². The van der Waals surface area contributed by atoms with Crippen LogP contribution in [0.25, 0.3) is 10.8 Å². The fourth-order valence-electron chi connectivity index (χ4n) is 3.59. The molecule has 2 aromatic carbocycles. The SMILES string of the molecule is C[C@@H](C(=O)N(C)CCC#N)N1CC[C@H](NS(=O)(=O)c2ccc3cc(Cl)ccc3c2)C1=O. The van der Waals surface area contributed by atoms with Crippen LogP contribution in [-0.2, 0) is 19.6 Å². The normalized spacial score (nSPS) is 17.5. The average molecular weight is 463 g/mol. The molecule has 1 aliphatic heterocycles. The van der Waals surface area contributed by atoms with Crippen molar-refractivity contribution in [2.45, 2.75) is 36.7 Å². The van der Waals surface area contributed by atoms with Crippen LogP contribution in [0.4, 0.5) is 0 Å². The van der Waals surface area contributed by atoms with E-state index >= 15 is 0 Å². The van der Waals surface area contributed by atoms with E-state index < -0.39 is 28.0 Å². The monoisotopic (exact) mass is 462 g/mol. The molecule has 1 saturated heterocycles. The molecule has 0 unspecified atom stereocenters. The summed E-state index contributed by atoms with van der Waals surface area (Å²) in [7, 11) is -2.36. The molecule has 1 fully saturated rings. The van der Waals surface area contributed by atoms with E-state index in [-0.39, 0.29) is 36.7 Å². The number of benzene rings is 2. The Morgan fingerprint density at radius 2 is 2.00 bits per heavy atom. The Labute approximate surface area is 186 Å². The topological polar surface area (TPSA) is 111 Å². The maximum atomic E-state index is 12.9. The third-order valence-corrected chi connectivity index (χ3v) is 7.09. The van der Waals surface area contributed by atoms with E-state index in [0.29, 0.717) is 10.4 Å². The van der Waals surface area contributed by atoms with Crippen LogP contribution in [0.3, 0.4) is 0 Å². The van der Waals surface area contributed by atoms with E-state index in [1.54, 1.807) is 38.2 Å². The molecule has 8 nitrogen and oxygen atoms in total. The quantitative estimate of drug-likeness (QED) is 0.677. The van der Waals surface area contributed by atoms with Crippen molar-refractivity contribution in [2.75, 3.05) is 20.1 Å². The smallest absolute Gasteiger partial charge is 0.244 e. The van der Waals surface area contributed by atoms with Gasteiger partial charge < -0.3 is 9.80 Å². The second-order valence-corrected chi connectivity index (χ2v) is 9.64. The van der Waals surface area contributed by atoms with E-state index in [1.807, 2.05) is 6.07 Å². The van der Waals surface area contributed by atoms with Crippen molar-refractivity contribution < 1.29 is 18.0 Å². The van der Waals surface area contributed by atoms with Gasteiger partial charge in [-0.1, -0.05) is 23.7 Å². The molecule has 31 heavy (non-hydrogen) atoms. The fraction of sp³-hybridized carbons (Fsp3) is 0.381. The van der Waals surface area contributed by atoms with Crippen molar-refractivity contribution in [3.8, 4) is 6.07 Å². The molecule has 0 bridgehead atoms. The lowest BCUT2D eigenvalue weighted by molar-refractivity contribution is -0.142. The Hall–Kier alpha value is -2.67. The molecule has 164 valence electrons. The van der Waals surface area contributed by atoms with Gasteiger partial charge in [0.1, 0.15) is 12.1 Å². The molecule has 2 atom stereocenters. The summed E-state index contributed by atoms with van der Waals surface area (Å²) in [6.07, 6.45) is 0.462. The molecule has 2 aromatic rings. The third-order valence-electron chi connectivity index (χ3n) is 5.38. The summed E-state index contributed by atoms with van der Waals surface area (Å²) in [6, 6.07) is 10.1. The van der Waals surface area contributed by atoms with Crippen molar-refractivity contribution in [3.63, 3.8) is 0 Å². The van der Waals surface area contributed by atoms with E-state index in [0.717, 1.165) is 5.39 Å². The van der Waals surface area contributed by atoms with Gasteiger partial charge in [0.25, 0.3) is 0 Å². The minimum absolute atomic E-state index is 0.0499. The Morgan fingerprint density at radius 1 is 1.32 bits per heavy atom. The minimum atomic E-state index is -3.94. The number of nitrogens with zero attached hydrogens (tertiary/aromatic N) is 3. The highest BCUT2D eigenvalue weighted by Gasteiger charge is 2.39. The van der Waals surface area contributed by atoms with E-state index in [4.69, 9.17) is 16.9 Å². The fourth-order valence-corrected chi connectivity index (χ4v) is 5.03. The first-order valence-corrected chi connectivity index (χ1v) is 11.6. The number of amides is 2. The van der Waals surface area contributed by atoms with Gasteiger partial charge in [-0.15, -0.1) is 0 Å². The molecule has 10 heteroatoms. The summed E-state index contributed by atoms with van der Waals surface area (Å²) in [6.45, 7) is 2.14. The number of nitrogens with one attached hydrogen (secondary N) is 1. The van der Waals surface area contributed by atoms with E-state index in [9.17, 15) is 18.0 Å². The van der Waals surface area contributed by atoms with Crippen LogP contribution in [0.1, 0.15) is 19.8 Å². The molecule has 0 aromatic heterocycles. The predicted octanol–water partition coefficient (Wildman–Crippen LogP) is 2.13. The standard InChI is InChI=1S/C21H23ClN4O4S/c1-14(20(27)25(2)10-3-9-23)26-11-8-19(21(26)28)24-31(29,30)18-7-5-15-12-17(22)6-4-16(15)13-18/h4-7,12-14,19,24H,3,8,10-11H2,1-2H3/t14-,19-/m0/s1. The van der Waals surface area contributed by atoms with Crippen LogP contribution in [0.15, 0.2) is 41.3 Å². The van der Waals surface area contributed by atoms with Crippen LogP contribution in [0.2, 0.25) is 5.02 Å². The predicted molar refractivity (Wildman–Crippen MR) is 117 cm³/mol. The molecule has 1 heterocycles. The lowest BCUT2D eigenvalue weighted by atomic mass is 10.1. The Balaban J connectivity index is 1.72. The van der Waals surface area contributed by atoms with Gasteiger partial charge in [0.05, 0.1) is 17.4 Å². The number of likely N-dealkylation sites (N-methyl/N-ethyl adjacent to an activating group) is 1. The van der Waals surface area contributed by atoms with Gasteiger partial charge in [0.2, 0.25) is 21.8 Å². The maximum absolute atomic E-state index is 12.9. The number of likely N-dealkylation sites (tertiary alicyclic amines) is 1. The highest BCUT2D eigenvalue weighted by Crippen LogP contribution is 2.24. The van der Waals surface area contributed by atoms with Crippen molar-refractivity contribution in [1.82, 2.24) is 14.5 Å². The number of fused-ring (bicyclic) bond motifs is 1. The van der Waals surface area contributed by atoms with Gasteiger partial charge in [-0.25, -0.2) is 8.42 Å². The number of nitriles is 1. The van der Waals surface area contributed by atoms with Crippen LogP contribution >= 0.6 is 11.6 Å². The summed E-state index contributed by atoms with van der Waals surface area (Å²) < 4.78 is 28.2. The molecule has 1 aliphatic rings. The zero-order valence-corrected chi connectivity index (χ0v) is 18.8. The molecule has 2 amide bonds. The largest absolute Gasteiger partial charge is 0.343 e. The zero-order valence-electron chi connectivity index (χ0n) is 17.2. The van der Waals surface area contributed by atoms with Crippen molar-refractivity contribution in [1.29, 1.82) is 5.26 Å². The molecule has 3 rings (SSSR count). The van der Waals surface area contributed by atoms with Crippen LogP contribution in [0, 0.1) is 11.3 Å². The zero-order chi connectivity index (χ0) is 22.8. The molecular weight excluding hydrogens is 440 g/mol. The number of carbonyl (C=O) groups excluding carboxylic acids is 2. The van der Waals surface area contributed by atoms with Crippen LogP contribution < -0.4 is 4.72 Å². The summed E-state index contributed by atoms with van der Waals surface area (Å²) in [5, 5.41) is 10.8. The second-order valence-electron chi connectivity index (χ2n) is 7.49. The molecular formula is C21H23ClN4O4S. The summed E-state index contributed by atoms with van der Waals surface area (Å²) in [5.41, 5.74) is 0. The van der Waals surface area contributed by atoms with Crippen molar-refractivity contribution >= 4 is 44.2 Å². The van der Waals surface area contributed by atoms with E-state index in [2.05, 4.69) is 4.72 Å². The van der Waals surface area contributed by atoms with Gasteiger partial charge in [0, 0.05) is 25.2 Å².